The summed E-state index contributed by atoms with van der Waals surface area (Å²) in [5.41, 5.74) is 4.08. The molecule has 37 heavy (non-hydrogen) atoms. The lowest BCUT2D eigenvalue weighted by Crippen LogP contribution is -2.32. The summed E-state index contributed by atoms with van der Waals surface area (Å²) in [4.78, 5) is 38.5. The van der Waals surface area contributed by atoms with E-state index in [-0.39, 0.29) is 29.5 Å². The number of ether oxygens (including phenoxy) is 2. The van der Waals surface area contributed by atoms with Crippen LogP contribution in [0.1, 0.15) is 21.5 Å². The number of rotatable bonds is 8. The molecule has 4 rings (SSSR count). The van der Waals surface area contributed by atoms with Crippen LogP contribution in [0.3, 0.4) is 0 Å². The Bertz CT molecular complexity index is 1380. The van der Waals surface area contributed by atoms with Crippen molar-refractivity contribution in [2.24, 2.45) is 5.10 Å². The molecule has 0 saturated heterocycles. The van der Waals surface area contributed by atoms with Crippen molar-refractivity contribution in [3.63, 3.8) is 0 Å². The number of nitrogens with zero attached hydrogens (tertiary/aromatic N) is 3. The molecule has 0 radical (unpaired) electrons. The summed E-state index contributed by atoms with van der Waals surface area (Å²) in [6.45, 7) is -0.0470. The summed E-state index contributed by atoms with van der Waals surface area (Å²) in [6.07, 6.45) is 2.63. The van der Waals surface area contributed by atoms with Crippen LogP contribution >= 0.6 is 0 Å². The van der Waals surface area contributed by atoms with E-state index < -0.39 is 16.7 Å². The maximum absolute atomic E-state index is 13.0. The van der Waals surface area contributed by atoms with Gasteiger partial charge in [-0.25, -0.2) is 5.43 Å². The van der Waals surface area contributed by atoms with Crippen LogP contribution in [0.5, 0.6) is 11.5 Å². The third-order valence-corrected chi connectivity index (χ3v) is 5.34. The molecule has 11 heteroatoms. The highest BCUT2D eigenvalue weighted by Gasteiger charge is 2.22. The first kappa shape index (κ1) is 24.9. The molecule has 0 unspecified atom stereocenters. The minimum atomic E-state index is -0.722. The lowest BCUT2D eigenvalue weighted by atomic mass is 10.1. The zero-order valence-electron chi connectivity index (χ0n) is 20.0. The van der Waals surface area contributed by atoms with Crippen molar-refractivity contribution in [2.75, 3.05) is 25.8 Å². The Balaban J connectivity index is 1.57. The molecule has 188 valence electrons. The zero-order valence-corrected chi connectivity index (χ0v) is 20.0. The molecule has 0 aromatic heterocycles. The smallest absolute Gasteiger partial charge is 0.287 e. The van der Waals surface area contributed by atoms with E-state index in [0.717, 1.165) is 11.9 Å². The minimum Gasteiger partial charge on any atom is -0.454 e. The Hall–Kier alpha value is -5.19. The predicted octanol–water partition coefficient (Wildman–Crippen LogP) is 3.31. The van der Waals surface area contributed by atoms with Crippen LogP contribution in [0, 0.1) is 10.1 Å². The number of nitro benzene ring substituents is 1. The Kier molecular flexibility index (Phi) is 7.43. The van der Waals surface area contributed by atoms with Gasteiger partial charge in [0.15, 0.2) is 11.5 Å². The fraction of sp³-hybridized carbons (Fsp3) is 0.115. The van der Waals surface area contributed by atoms with Gasteiger partial charge >= 0.3 is 0 Å². The second kappa shape index (κ2) is 11.0. The molecule has 2 amide bonds. The van der Waals surface area contributed by atoms with E-state index in [2.05, 4.69) is 15.8 Å². The number of amides is 2. The summed E-state index contributed by atoms with van der Waals surface area (Å²) in [6, 6.07) is 18.4. The summed E-state index contributed by atoms with van der Waals surface area (Å²) in [7, 11) is 3.82. The molecule has 0 atom stereocenters. The fourth-order valence-corrected chi connectivity index (χ4v) is 3.41. The van der Waals surface area contributed by atoms with Gasteiger partial charge in [-0.2, -0.15) is 5.10 Å². The average Bonchev–Trinajstić information content (AvgIpc) is 3.36. The molecule has 0 bridgehead atoms. The first-order chi connectivity index (χ1) is 17.8. The second-order valence-corrected chi connectivity index (χ2v) is 8.08. The monoisotopic (exact) mass is 501 g/mol. The highest BCUT2D eigenvalue weighted by molar-refractivity contribution is 6.05. The molecule has 1 aliphatic heterocycles. The maximum Gasteiger partial charge on any atom is 0.287 e. The van der Waals surface area contributed by atoms with Crippen LogP contribution in [0.15, 0.2) is 77.5 Å². The number of anilines is 1. The van der Waals surface area contributed by atoms with E-state index in [4.69, 9.17) is 9.47 Å². The molecule has 0 saturated carbocycles. The van der Waals surface area contributed by atoms with Crippen molar-refractivity contribution in [3.8, 4) is 11.5 Å². The minimum absolute atomic E-state index is 0.0470. The summed E-state index contributed by atoms with van der Waals surface area (Å²) in [5.74, 6) is -0.625. The number of nitrogens with one attached hydrogen (secondary N) is 2. The van der Waals surface area contributed by atoms with Crippen LogP contribution in [0.4, 0.5) is 11.4 Å². The average molecular weight is 501 g/mol. The largest absolute Gasteiger partial charge is 0.454 e. The van der Waals surface area contributed by atoms with Crippen molar-refractivity contribution >= 4 is 35.5 Å². The Morgan fingerprint density at radius 2 is 1.70 bits per heavy atom. The highest BCUT2D eigenvalue weighted by atomic mass is 16.7. The SMILES string of the molecule is CN(C)c1ccc(/C=C(\NC(=O)c2ccccc2)C(=O)N/N=C\c2cc3c(cc2[N+](=O)[O-])OCO3)cc1. The molecule has 0 aliphatic carbocycles. The number of nitro groups is 1. The molecule has 0 fully saturated rings. The number of carbonyl (C=O) groups is 2. The van der Waals surface area contributed by atoms with Gasteiger partial charge in [0.25, 0.3) is 17.5 Å². The van der Waals surface area contributed by atoms with Crippen molar-refractivity contribution in [2.45, 2.75) is 0 Å². The van der Waals surface area contributed by atoms with Gasteiger partial charge in [-0.1, -0.05) is 30.3 Å². The van der Waals surface area contributed by atoms with Crippen molar-refractivity contribution in [1.82, 2.24) is 10.7 Å². The molecule has 2 N–H and O–H groups in total. The van der Waals surface area contributed by atoms with Gasteiger partial charge < -0.3 is 19.7 Å². The van der Waals surface area contributed by atoms with Gasteiger partial charge in [0.2, 0.25) is 6.79 Å². The van der Waals surface area contributed by atoms with Gasteiger partial charge in [0.05, 0.1) is 22.8 Å². The standard InChI is InChI=1S/C26H23N5O6/c1-30(2)20-10-8-17(9-11-20)12-21(28-25(32)18-6-4-3-5-7-18)26(33)29-27-15-19-13-23-24(37-16-36-23)14-22(19)31(34)35/h3-15H,16H2,1-2H3,(H,28,32)(H,29,33)/b21-12-,27-15-. The van der Waals surface area contributed by atoms with E-state index in [9.17, 15) is 19.7 Å². The first-order valence-electron chi connectivity index (χ1n) is 11.1. The molecule has 1 aliphatic rings. The third-order valence-electron chi connectivity index (χ3n) is 5.34. The quantitative estimate of drug-likeness (QED) is 0.209. The van der Waals surface area contributed by atoms with Crippen LogP contribution in [0.25, 0.3) is 6.08 Å². The van der Waals surface area contributed by atoms with Crippen LogP contribution in [0.2, 0.25) is 0 Å². The van der Waals surface area contributed by atoms with Crippen molar-refractivity contribution in [1.29, 1.82) is 0 Å². The number of fused-ring (bicyclic) bond motifs is 1. The number of hydrogen-bond acceptors (Lipinski definition) is 8. The summed E-state index contributed by atoms with van der Waals surface area (Å²) >= 11 is 0. The highest BCUT2D eigenvalue weighted by Crippen LogP contribution is 2.37. The van der Waals surface area contributed by atoms with Gasteiger partial charge in [-0.3, -0.25) is 19.7 Å². The van der Waals surface area contributed by atoms with Gasteiger partial charge in [0, 0.05) is 25.3 Å². The maximum atomic E-state index is 13.0. The van der Waals surface area contributed by atoms with E-state index in [1.165, 1.54) is 18.2 Å². The van der Waals surface area contributed by atoms with Crippen molar-refractivity contribution in [3.05, 3.63) is 99.2 Å². The summed E-state index contributed by atoms with van der Waals surface area (Å²) < 4.78 is 10.4. The molecular weight excluding hydrogens is 478 g/mol. The third kappa shape index (κ3) is 6.09. The number of hydrazone groups is 1. The number of hydrogen-bond donors (Lipinski definition) is 2. The fourth-order valence-electron chi connectivity index (χ4n) is 3.41. The lowest BCUT2D eigenvalue weighted by molar-refractivity contribution is -0.385. The van der Waals surface area contributed by atoms with E-state index in [0.29, 0.717) is 16.9 Å². The molecule has 3 aromatic carbocycles. The topological polar surface area (TPSA) is 135 Å². The molecular formula is C26H23N5O6. The van der Waals surface area contributed by atoms with Crippen LogP contribution in [-0.4, -0.2) is 43.8 Å². The molecule has 11 nitrogen and oxygen atoms in total. The van der Waals surface area contributed by atoms with Gasteiger partial charge in [-0.15, -0.1) is 0 Å². The second-order valence-electron chi connectivity index (χ2n) is 8.08. The summed E-state index contributed by atoms with van der Waals surface area (Å²) in [5, 5.41) is 17.9. The lowest BCUT2D eigenvalue weighted by Gasteiger charge is -2.12. The van der Waals surface area contributed by atoms with Crippen LogP contribution in [-0.2, 0) is 4.79 Å². The van der Waals surface area contributed by atoms with Gasteiger partial charge in [0.1, 0.15) is 5.70 Å². The van der Waals surface area contributed by atoms with E-state index in [1.807, 2.05) is 31.1 Å². The first-order valence-corrected chi connectivity index (χ1v) is 11.1. The molecule has 3 aromatic rings. The molecule has 1 heterocycles. The number of carbonyl (C=O) groups excluding carboxylic acids is 2. The normalized spacial score (nSPS) is 12.3. The Labute approximate surface area is 212 Å². The van der Waals surface area contributed by atoms with Crippen LogP contribution < -0.4 is 25.1 Å². The van der Waals surface area contributed by atoms with E-state index >= 15 is 0 Å². The Morgan fingerprint density at radius 3 is 2.35 bits per heavy atom. The Morgan fingerprint density at radius 1 is 1.03 bits per heavy atom. The number of benzene rings is 3. The molecule has 0 spiro atoms. The zero-order chi connectivity index (χ0) is 26.4. The van der Waals surface area contributed by atoms with E-state index in [1.54, 1.807) is 42.5 Å². The van der Waals surface area contributed by atoms with Gasteiger partial charge in [-0.05, 0) is 42.0 Å². The predicted molar refractivity (Wildman–Crippen MR) is 138 cm³/mol. The van der Waals surface area contributed by atoms with Crippen molar-refractivity contribution < 1.29 is 24.0 Å².